The second-order valence-electron chi connectivity index (χ2n) is 8.46. The Morgan fingerprint density at radius 3 is 2.69 bits per heavy atom. The van der Waals surface area contributed by atoms with Gasteiger partial charge in [0.2, 0.25) is 0 Å². The SMILES string of the molecule is Cc1ccc(Cn2c(SC(C)C(=O)c3ccc4c(c3)NC(=O)CO4)nc3ccccc3c2=O)cc1. The first-order chi connectivity index (χ1) is 16.9. The summed E-state index contributed by atoms with van der Waals surface area (Å²) in [6.45, 7) is 4.11. The lowest BCUT2D eigenvalue weighted by atomic mass is 10.1. The van der Waals surface area contributed by atoms with Gasteiger partial charge in [-0.15, -0.1) is 0 Å². The lowest BCUT2D eigenvalue weighted by Crippen LogP contribution is -2.26. The highest BCUT2D eigenvalue weighted by atomic mass is 32.2. The molecule has 0 saturated carbocycles. The molecule has 1 unspecified atom stereocenters. The van der Waals surface area contributed by atoms with E-state index in [0.29, 0.717) is 39.6 Å². The minimum absolute atomic E-state index is 0.0430. The fourth-order valence-corrected chi connectivity index (χ4v) is 4.92. The van der Waals surface area contributed by atoms with Gasteiger partial charge in [0.05, 0.1) is 28.4 Å². The molecular weight excluding hydrogens is 462 g/mol. The Bertz CT molecular complexity index is 1510. The molecule has 1 aliphatic heterocycles. The van der Waals surface area contributed by atoms with Crippen LogP contribution in [0.3, 0.4) is 0 Å². The molecule has 1 amide bonds. The monoisotopic (exact) mass is 485 g/mol. The first-order valence-electron chi connectivity index (χ1n) is 11.2. The third-order valence-corrected chi connectivity index (χ3v) is 6.93. The number of carbonyl (C=O) groups excluding carboxylic acids is 2. The molecule has 3 aromatic carbocycles. The number of fused-ring (bicyclic) bond motifs is 2. The molecule has 1 atom stereocenters. The van der Waals surface area contributed by atoms with Gasteiger partial charge in [-0.25, -0.2) is 4.98 Å². The maximum atomic E-state index is 13.4. The summed E-state index contributed by atoms with van der Waals surface area (Å²) in [6, 6.07) is 20.2. The van der Waals surface area contributed by atoms with E-state index in [1.54, 1.807) is 41.8 Å². The molecule has 176 valence electrons. The van der Waals surface area contributed by atoms with Crippen LogP contribution >= 0.6 is 11.8 Å². The summed E-state index contributed by atoms with van der Waals surface area (Å²) in [5, 5.41) is 3.22. The maximum absolute atomic E-state index is 13.4. The van der Waals surface area contributed by atoms with Crippen LogP contribution in [0.4, 0.5) is 5.69 Å². The number of carbonyl (C=O) groups is 2. The molecule has 1 N–H and O–H groups in total. The molecule has 0 bridgehead atoms. The second kappa shape index (κ2) is 9.38. The molecule has 4 aromatic rings. The highest BCUT2D eigenvalue weighted by Gasteiger charge is 2.23. The molecule has 0 fully saturated rings. The first kappa shape index (κ1) is 22.9. The number of aryl methyl sites for hydroxylation is 1. The van der Waals surface area contributed by atoms with Crippen molar-refractivity contribution in [3.63, 3.8) is 0 Å². The number of thioether (sulfide) groups is 1. The van der Waals surface area contributed by atoms with Gasteiger partial charge in [-0.2, -0.15) is 0 Å². The van der Waals surface area contributed by atoms with E-state index in [1.807, 2.05) is 43.3 Å². The van der Waals surface area contributed by atoms with E-state index in [-0.39, 0.29) is 23.9 Å². The number of anilines is 1. The summed E-state index contributed by atoms with van der Waals surface area (Å²) in [7, 11) is 0. The van der Waals surface area contributed by atoms with E-state index in [0.717, 1.165) is 11.1 Å². The molecule has 1 aromatic heterocycles. The van der Waals surface area contributed by atoms with Crippen LogP contribution in [0.15, 0.2) is 76.7 Å². The van der Waals surface area contributed by atoms with E-state index < -0.39 is 5.25 Å². The molecule has 8 heteroatoms. The molecule has 2 heterocycles. The summed E-state index contributed by atoms with van der Waals surface area (Å²) >= 11 is 1.25. The lowest BCUT2D eigenvalue weighted by Gasteiger charge is -2.19. The van der Waals surface area contributed by atoms with Gasteiger partial charge in [0.15, 0.2) is 17.5 Å². The molecule has 7 nitrogen and oxygen atoms in total. The Hall–Kier alpha value is -3.91. The quantitative estimate of drug-likeness (QED) is 0.247. The van der Waals surface area contributed by atoms with Gasteiger partial charge < -0.3 is 10.1 Å². The van der Waals surface area contributed by atoms with Crippen molar-refractivity contribution < 1.29 is 14.3 Å². The fraction of sp³-hybridized carbons (Fsp3) is 0.185. The van der Waals surface area contributed by atoms with Gasteiger partial charge in [-0.3, -0.25) is 19.0 Å². The minimum atomic E-state index is -0.523. The third kappa shape index (κ3) is 4.70. The predicted molar refractivity (Wildman–Crippen MR) is 137 cm³/mol. The molecule has 0 spiro atoms. The highest BCUT2D eigenvalue weighted by Crippen LogP contribution is 2.31. The van der Waals surface area contributed by atoms with Crippen molar-refractivity contribution in [1.29, 1.82) is 0 Å². The number of ketones is 1. The number of ether oxygens (including phenoxy) is 1. The number of rotatable bonds is 6. The zero-order valence-electron chi connectivity index (χ0n) is 19.3. The second-order valence-corrected chi connectivity index (χ2v) is 9.77. The number of benzene rings is 3. The molecule has 0 aliphatic carbocycles. The summed E-state index contributed by atoms with van der Waals surface area (Å²) in [4.78, 5) is 43.1. The standard InChI is InChI=1S/C27H23N3O4S/c1-16-7-9-18(10-8-16)14-30-26(33)20-5-3-4-6-21(20)29-27(30)35-17(2)25(32)19-11-12-23-22(13-19)28-24(31)15-34-23/h3-13,17H,14-15H2,1-2H3,(H,28,31). The number of nitrogens with one attached hydrogen (secondary N) is 1. The van der Waals surface area contributed by atoms with Crippen molar-refractivity contribution in [3.05, 3.63) is 93.8 Å². The summed E-state index contributed by atoms with van der Waals surface area (Å²) < 4.78 is 7.01. The normalized spacial score (nSPS) is 13.6. The Kier molecular flexibility index (Phi) is 6.13. The van der Waals surface area contributed by atoms with Gasteiger partial charge in [-0.05, 0) is 49.7 Å². The summed E-state index contributed by atoms with van der Waals surface area (Å²) in [6.07, 6.45) is 0. The minimum Gasteiger partial charge on any atom is -0.482 e. The van der Waals surface area contributed by atoms with Gasteiger partial charge in [0.1, 0.15) is 5.75 Å². The zero-order chi connectivity index (χ0) is 24.5. The average molecular weight is 486 g/mol. The topological polar surface area (TPSA) is 90.3 Å². The van der Waals surface area contributed by atoms with Crippen LogP contribution in [0.25, 0.3) is 10.9 Å². The highest BCUT2D eigenvalue weighted by molar-refractivity contribution is 8.00. The van der Waals surface area contributed by atoms with Crippen molar-refractivity contribution in [3.8, 4) is 5.75 Å². The number of nitrogens with zero attached hydrogens (tertiary/aromatic N) is 2. The molecule has 5 rings (SSSR count). The first-order valence-corrected chi connectivity index (χ1v) is 12.1. The number of hydrogen-bond acceptors (Lipinski definition) is 6. The van der Waals surface area contributed by atoms with E-state index in [2.05, 4.69) is 5.32 Å². The Balaban J connectivity index is 1.48. The van der Waals surface area contributed by atoms with Gasteiger partial charge in [-0.1, -0.05) is 53.7 Å². The smallest absolute Gasteiger partial charge is 0.262 e. The van der Waals surface area contributed by atoms with E-state index >= 15 is 0 Å². The van der Waals surface area contributed by atoms with Gasteiger partial charge >= 0.3 is 0 Å². The lowest BCUT2D eigenvalue weighted by molar-refractivity contribution is -0.118. The number of aromatic nitrogens is 2. The molecule has 0 radical (unpaired) electrons. The van der Waals surface area contributed by atoms with Crippen LogP contribution < -0.4 is 15.6 Å². The maximum Gasteiger partial charge on any atom is 0.262 e. The predicted octanol–water partition coefficient (Wildman–Crippen LogP) is 4.45. The van der Waals surface area contributed by atoms with Crippen LogP contribution in [0.2, 0.25) is 0 Å². The Labute approximate surface area is 206 Å². The molecule has 1 aliphatic rings. The van der Waals surface area contributed by atoms with Crippen molar-refractivity contribution in [1.82, 2.24) is 9.55 Å². The Morgan fingerprint density at radius 2 is 1.89 bits per heavy atom. The van der Waals surface area contributed by atoms with Crippen molar-refractivity contribution in [2.24, 2.45) is 0 Å². The van der Waals surface area contributed by atoms with Crippen LogP contribution in [0.5, 0.6) is 5.75 Å². The zero-order valence-corrected chi connectivity index (χ0v) is 20.1. The van der Waals surface area contributed by atoms with Crippen LogP contribution in [-0.4, -0.2) is 33.1 Å². The van der Waals surface area contributed by atoms with Crippen LogP contribution in [-0.2, 0) is 11.3 Å². The van der Waals surface area contributed by atoms with Gasteiger partial charge in [0, 0.05) is 5.56 Å². The summed E-state index contributed by atoms with van der Waals surface area (Å²) in [5.74, 6) is 0.136. The fourth-order valence-electron chi connectivity index (χ4n) is 3.94. The van der Waals surface area contributed by atoms with Crippen molar-refractivity contribution >= 4 is 40.0 Å². The van der Waals surface area contributed by atoms with Crippen LogP contribution in [0.1, 0.15) is 28.4 Å². The van der Waals surface area contributed by atoms with Crippen LogP contribution in [0, 0.1) is 6.92 Å². The number of hydrogen-bond donors (Lipinski definition) is 1. The van der Waals surface area contributed by atoms with Gasteiger partial charge in [0.25, 0.3) is 11.5 Å². The number of Topliss-reactive ketones (excluding diaryl/α,β-unsaturated/α-hetero) is 1. The van der Waals surface area contributed by atoms with E-state index in [4.69, 9.17) is 9.72 Å². The largest absolute Gasteiger partial charge is 0.482 e. The van der Waals surface area contributed by atoms with E-state index in [1.165, 1.54) is 11.8 Å². The number of amides is 1. The Morgan fingerprint density at radius 1 is 1.11 bits per heavy atom. The number of para-hydroxylation sites is 1. The molecule has 0 saturated heterocycles. The third-order valence-electron chi connectivity index (χ3n) is 5.84. The molecular formula is C27H23N3O4S. The average Bonchev–Trinajstić information content (AvgIpc) is 2.86. The van der Waals surface area contributed by atoms with Crippen molar-refractivity contribution in [2.75, 3.05) is 11.9 Å². The van der Waals surface area contributed by atoms with E-state index in [9.17, 15) is 14.4 Å². The van der Waals surface area contributed by atoms with Crippen molar-refractivity contribution in [2.45, 2.75) is 30.8 Å². The summed E-state index contributed by atoms with van der Waals surface area (Å²) in [5.41, 5.74) is 3.48. The molecule has 35 heavy (non-hydrogen) atoms.